The van der Waals surface area contributed by atoms with Gasteiger partial charge in [-0.3, -0.25) is 9.59 Å². The Bertz CT molecular complexity index is 958. The summed E-state index contributed by atoms with van der Waals surface area (Å²) in [6.07, 6.45) is 2.96. The number of halogens is 1. The average Bonchev–Trinajstić information content (AvgIpc) is 2.63. The first kappa shape index (κ1) is 16.3. The summed E-state index contributed by atoms with van der Waals surface area (Å²) < 4.78 is 12.9. The molecule has 0 radical (unpaired) electrons. The normalized spacial score (nSPS) is 10.8. The van der Waals surface area contributed by atoms with E-state index in [1.54, 1.807) is 42.5 Å². The Balaban J connectivity index is 1.78. The number of carbonyl (C=O) groups is 1. The fourth-order valence-corrected chi connectivity index (χ4v) is 2.23. The lowest BCUT2D eigenvalue weighted by Crippen LogP contribution is -2.10. The number of aromatic nitrogens is 2. The number of benzene rings is 2. The summed E-state index contributed by atoms with van der Waals surface area (Å²) in [6, 6.07) is 15.9. The molecule has 0 spiro atoms. The van der Waals surface area contributed by atoms with Crippen molar-refractivity contribution in [2.24, 2.45) is 0 Å². The number of anilines is 1. The fourth-order valence-electron chi connectivity index (χ4n) is 2.23. The smallest absolute Gasteiger partial charge is 0.264 e. The molecule has 1 amide bonds. The summed E-state index contributed by atoms with van der Waals surface area (Å²) >= 11 is 0. The van der Waals surface area contributed by atoms with Crippen LogP contribution in [0.4, 0.5) is 10.1 Å². The molecule has 2 aromatic carbocycles. The number of H-pyrrole nitrogens is 1. The van der Waals surface area contributed by atoms with Crippen LogP contribution in [0.3, 0.4) is 0 Å². The number of rotatable bonds is 4. The second kappa shape index (κ2) is 7.35. The number of nitrogens with one attached hydrogen (secondary N) is 2. The third-order valence-electron chi connectivity index (χ3n) is 3.44. The molecule has 124 valence electrons. The van der Waals surface area contributed by atoms with Crippen LogP contribution in [-0.2, 0) is 4.79 Å². The number of hydrogen-bond acceptors (Lipinski definition) is 3. The molecule has 2 N–H and O–H groups in total. The topological polar surface area (TPSA) is 74.8 Å². The van der Waals surface area contributed by atoms with Gasteiger partial charge in [0.1, 0.15) is 5.82 Å². The Morgan fingerprint density at radius 2 is 1.80 bits per heavy atom. The number of aromatic amines is 1. The highest BCUT2D eigenvalue weighted by Crippen LogP contribution is 2.25. The van der Waals surface area contributed by atoms with Crippen LogP contribution in [0, 0.1) is 5.82 Å². The molecule has 0 saturated carbocycles. The SMILES string of the molecule is O=C(C=Cc1ccc(F)cc1)Nc1ccccc1-c1ccc(=O)[nH]n1. The minimum absolute atomic E-state index is 0.299. The Kier molecular flexibility index (Phi) is 4.80. The lowest BCUT2D eigenvalue weighted by molar-refractivity contribution is -0.111. The first-order valence-corrected chi connectivity index (χ1v) is 7.51. The van der Waals surface area contributed by atoms with Crippen molar-refractivity contribution in [1.29, 1.82) is 0 Å². The van der Waals surface area contributed by atoms with E-state index in [0.717, 1.165) is 0 Å². The summed E-state index contributed by atoms with van der Waals surface area (Å²) in [7, 11) is 0. The van der Waals surface area contributed by atoms with Crippen molar-refractivity contribution in [3.63, 3.8) is 0 Å². The molecule has 0 unspecified atom stereocenters. The van der Waals surface area contributed by atoms with Crippen LogP contribution in [-0.4, -0.2) is 16.1 Å². The van der Waals surface area contributed by atoms with E-state index in [0.29, 0.717) is 22.5 Å². The van der Waals surface area contributed by atoms with Gasteiger partial charge in [0.25, 0.3) is 5.56 Å². The number of amides is 1. The van der Waals surface area contributed by atoms with Crippen LogP contribution in [0.2, 0.25) is 0 Å². The molecule has 1 heterocycles. The molecular formula is C19H14FN3O2. The maximum Gasteiger partial charge on any atom is 0.264 e. The maximum absolute atomic E-state index is 12.9. The van der Waals surface area contributed by atoms with E-state index >= 15 is 0 Å². The Labute approximate surface area is 142 Å². The van der Waals surface area contributed by atoms with E-state index in [2.05, 4.69) is 15.5 Å². The number of carbonyl (C=O) groups excluding carboxylic acids is 1. The quantitative estimate of drug-likeness (QED) is 0.719. The summed E-state index contributed by atoms with van der Waals surface area (Å²) in [5.41, 5.74) is 2.20. The minimum atomic E-state index is -0.332. The number of para-hydroxylation sites is 1. The lowest BCUT2D eigenvalue weighted by Gasteiger charge is -2.08. The van der Waals surface area contributed by atoms with Crippen LogP contribution >= 0.6 is 0 Å². The summed E-state index contributed by atoms with van der Waals surface area (Å²) in [6.45, 7) is 0. The van der Waals surface area contributed by atoms with Crippen molar-refractivity contribution in [1.82, 2.24) is 10.2 Å². The van der Waals surface area contributed by atoms with Crippen LogP contribution in [0.5, 0.6) is 0 Å². The van der Waals surface area contributed by atoms with Gasteiger partial charge in [-0.2, -0.15) is 5.10 Å². The van der Waals surface area contributed by atoms with E-state index in [1.165, 1.54) is 24.3 Å². The van der Waals surface area contributed by atoms with Gasteiger partial charge >= 0.3 is 0 Å². The van der Waals surface area contributed by atoms with E-state index < -0.39 is 0 Å². The molecular weight excluding hydrogens is 321 g/mol. The molecule has 3 aromatic rings. The van der Waals surface area contributed by atoms with Crippen LogP contribution in [0.1, 0.15) is 5.56 Å². The highest BCUT2D eigenvalue weighted by atomic mass is 19.1. The van der Waals surface area contributed by atoms with Gasteiger partial charge < -0.3 is 5.32 Å². The van der Waals surface area contributed by atoms with Crippen molar-refractivity contribution in [3.05, 3.63) is 88.5 Å². The van der Waals surface area contributed by atoms with Gasteiger partial charge in [0.2, 0.25) is 5.91 Å². The van der Waals surface area contributed by atoms with E-state index in [9.17, 15) is 14.0 Å². The molecule has 0 aliphatic carbocycles. The van der Waals surface area contributed by atoms with E-state index in [1.807, 2.05) is 6.07 Å². The lowest BCUT2D eigenvalue weighted by atomic mass is 10.1. The standard InChI is InChI=1S/C19H14FN3O2/c20-14-8-5-13(6-9-14)7-11-18(24)21-16-4-2-1-3-15(16)17-10-12-19(25)23-22-17/h1-12H,(H,21,24)(H,23,25). The first-order valence-electron chi connectivity index (χ1n) is 7.51. The zero-order valence-electron chi connectivity index (χ0n) is 13.1. The van der Waals surface area contributed by atoms with Crippen LogP contribution in [0.25, 0.3) is 17.3 Å². The van der Waals surface area contributed by atoms with Gasteiger partial charge in [-0.1, -0.05) is 30.3 Å². The molecule has 5 nitrogen and oxygen atoms in total. The molecule has 0 fully saturated rings. The van der Waals surface area contributed by atoms with Crippen molar-refractivity contribution in [3.8, 4) is 11.3 Å². The van der Waals surface area contributed by atoms with Crippen molar-refractivity contribution < 1.29 is 9.18 Å². The van der Waals surface area contributed by atoms with E-state index in [4.69, 9.17) is 0 Å². The van der Waals surface area contributed by atoms with Gasteiger partial charge in [0.05, 0.1) is 11.4 Å². The first-order chi connectivity index (χ1) is 12.1. The Hall–Kier alpha value is -3.54. The second-order valence-electron chi connectivity index (χ2n) is 5.23. The molecule has 25 heavy (non-hydrogen) atoms. The average molecular weight is 335 g/mol. The van der Waals surface area contributed by atoms with Crippen molar-refractivity contribution in [2.45, 2.75) is 0 Å². The van der Waals surface area contributed by atoms with Gasteiger partial charge in [-0.15, -0.1) is 0 Å². The fraction of sp³-hybridized carbons (Fsp3) is 0. The van der Waals surface area contributed by atoms with Gasteiger partial charge in [0, 0.05) is 17.7 Å². The highest BCUT2D eigenvalue weighted by molar-refractivity contribution is 6.04. The van der Waals surface area contributed by atoms with Crippen molar-refractivity contribution in [2.75, 3.05) is 5.32 Å². The monoisotopic (exact) mass is 335 g/mol. The molecule has 0 aliphatic heterocycles. The molecule has 6 heteroatoms. The number of hydrogen-bond donors (Lipinski definition) is 2. The number of nitrogens with zero attached hydrogens (tertiary/aromatic N) is 1. The molecule has 0 atom stereocenters. The highest BCUT2D eigenvalue weighted by Gasteiger charge is 2.08. The van der Waals surface area contributed by atoms with E-state index in [-0.39, 0.29) is 17.3 Å². The molecule has 0 bridgehead atoms. The molecule has 0 saturated heterocycles. The van der Waals surface area contributed by atoms with Gasteiger partial charge in [-0.25, -0.2) is 9.49 Å². The third-order valence-corrected chi connectivity index (χ3v) is 3.44. The predicted molar refractivity (Wildman–Crippen MR) is 94.4 cm³/mol. The zero-order valence-corrected chi connectivity index (χ0v) is 13.1. The summed E-state index contributed by atoms with van der Waals surface area (Å²) in [4.78, 5) is 23.3. The molecule has 1 aromatic heterocycles. The Morgan fingerprint density at radius 1 is 1.04 bits per heavy atom. The van der Waals surface area contributed by atoms with Crippen LogP contribution < -0.4 is 10.9 Å². The van der Waals surface area contributed by atoms with Gasteiger partial charge in [-0.05, 0) is 35.9 Å². The second-order valence-corrected chi connectivity index (χ2v) is 5.23. The third kappa shape index (κ3) is 4.26. The molecule has 3 rings (SSSR count). The zero-order chi connectivity index (χ0) is 17.6. The Morgan fingerprint density at radius 3 is 2.52 bits per heavy atom. The summed E-state index contributed by atoms with van der Waals surface area (Å²) in [5.74, 6) is -0.662. The van der Waals surface area contributed by atoms with Crippen molar-refractivity contribution >= 4 is 17.7 Å². The minimum Gasteiger partial charge on any atom is -0.322 e. The maximum atomic E-state index is 12.9. The summed E-state index contributed by atoms with van der Waals surface area (Å²) in [5, 5.41) is 9.12. The largest absolute Gasteiger partial charge is 0.322 e. The molecule has 0 aliphatic rings. The van der Waals surface area contributed by atoms with Crippen LogP contribution in [0.15, 0.2) is 71.5 Å². The predicted octanol–water partition coefficient (Wildman–Crippen LogP) is 3.23. The van der Waals surface area contributed by atoms with Gasteiger partial charge in [0.15, 0.2) is 0 Å².